The van der Waals surface area contributed by atoms with Gasteiger partial charge in [-0.15, -0.1) is 55.4 Å². The topological polar surface area (TPSA) is 0 Å². The van der Waals surface area contributed by atoms with Crippen molar-refractivity contribution in [1.29, 1.82) is 0 Å². The minimum absolute atomic E-state index is 0.800. The van der Waals surface area contributed by atoms with E-state index in [9.17, 15) is 0 Å². The van der Waals surface area contributed by atoms with Crippen LogP contribution in [0.4, 0.5) is 0 Å². The third-order valence-corrected chi connectivity index (χ3v) is 10.4. The third kappa shape index (κ3) is 8.30. The van der Waals surface area contributed by atoms with Crippen molar-refractivity contribution in [3.8, 4) is 0 Å². The molecule has 0 aliphatic rings. The van der Waals surface area contributed by atoms with Gasteiger partial charge in [-0.1, -0.05) is 80.4 Å². The zero-order valence-electron chi connectivity index (χ0n) is 12.8. The highest BCUT2D eigenvalue weighted by Crippen LogP contribution is 2.26. The summed E-state index contributed by atoms with van der Waals surface area (Å²) in [5, 5.41) is 2.05. The summed E-state index contributed by atoms with van der Waals surface area (Å²) in [5.41, 5.74) is 0. The Labute approximate surface area is 164 Å². The first-order chi connectivity index (χ1) is 10.8. The smallest absolute Gasteiger partial charge is 0.134 e. The fraction of sp³-hybridized carbons (Fsp3) is 0.250. The number of rotatable bonds is 5. The number of halogens is 5. The van der Waals surface area contributed by atoms with Gasteiger partial charge in [-0.3, -0.25) is 0 Å². The standard InChI is InChI=1S/C12H10Cl2Si.C4H9Cl3Si/c13-15(14,11-7-3-1-4-8-11)12-9-5-2-6-10-12;1-2-3-4-8(5,6)7/h1-10H;2-4H2,1H3. The van der Waals surface area contributed by atoms with Crippen molar-refractivity contribution >= 4 is 78.5 Å². The largest absolute Gasteiger partial charge is 0.341 e. The van der Waals surface area contributed by atoms with Gasteiger partial charge in [0.25, 0.3) is 0 Å². The zero-order chi connectivity index (χ0) is 17.3. The van der Waals surface area contributed by atoms with Gasteiger partial charge in [0.05, 0.1) is 0 Å². The molecule has 0 unspecified atom stereocenters. The van der Waals surface area contributed by atoms with Crippen LogP contribution in [0.5, 0.6) is 0 Å². The highest BCUT2D eigenvalue weighted by Gasteiger charge is 2.32. The van der Waals surface area contributed by atoms with Gasteiger partial charge in [0, 0.05) is 0 Å². The van der Waals surface area contributed by atoms with Crippen LogP contribution in [0.2, 0.25) is 6.04 Å². The lowest BCUT2D eigenvalue weighted by Gasteiger charge is -2.17. The van der Waals surface area contributed by atoms with Crippen LogP contribution < -0.4 is 10.4 Å². The summed E-state index contributed by atoms with van der Waals surface area (Å²) in [6, 6.07) is 18.3. The summed E-state index contributed by atoms with van der Waals surface area (Å²) < 4.78 is 0. The number of unbranched alkanes of at least 4 members (excludes halogenated alkanes) is 1. The molecule has 0 aliphatic heterocycles. The Morgan fingerprint density at radius 2 is 1.09 bits per heavy atom. The number of hydrogen-bond acceptors (Lipinski definition) is 0. The van der Waals surface area contributed by atoms with Crippen LogP contribution in [0, 0.1) is 0 Å². The van der Waals surface area contributed by atoms with Crippen molar-refractivity contribution in [2.75, 3.05) is 0 Å². The van der Waals surface area contributed by atoms with Crippen LogP contribution in [0.15, 0.2) is 60.7 Å². The monoisotopic (exact) mass is 442 g/mol. The molecule has 7 heteroatoms. The molecule has 0 heterocycles. The summed E-state index contributed by atoms with van der Waals surface area (Å²) in [4.78, 5) is 0. The van der Waals surface area contributed by atoms with Crippen LogP contribution in [-0.4, -0.2) is 12.7 Å². The van der Waals surface area contributed by atoms with Gasteiger partial charge in [0.15, 0.2) is 0 Å². The van der Waals surface area contributed by atoms with E-state index < -0.39 is 12.7 Å². The van der Waals surface area contributed by atoms with Crippen molar-refractivity contribution in [3.63, 3.8) is 0 Å². The molecule has 0 saturated heterocycles. The van der Waals surface area contributed by atoms with Crippen molar-refractivity contribution in [2.24, 2.45) is 0 Å². The first kappa shape index (κ1) is 21.4. The Morgan fingerprint density at radius 3 is 1.35 bits per heavy atom. The zero-order valence-corrected chi connectivity index (χ0v) is 18.6. The van der Waals surface area contributed by atoms with Gasteiger partial charge in [-0.05, 0) is 16.4 Å². The summed E-state index contributed by atoms with van der Waals surface area (Å²) in [6.45, 7) is -0.423. The normalized spacial score (nSPS) is 11.6. The quantitative estimate of drug-likeness (QED) is 0.382. The molecule has 0 nitrogen and oxygen atoms in total. The third-order valence-electron chi connectivity index (χ3n) is 3.09. The molecule has 2 rings (SSSR count). The number of hydrogen-bond donors (Lipinski definition) is 0. The first-order valence-corrected chi connectivity index (χ1v) is 16.6. The van der Waals surface area contributed by atoms with E-state index in [1.54, 1.807) is 0 Å². The molecule has 126 valence electrons. The summed E-state index contributed by atoms with van der Waals surface area (Å²) in [5.74, 6) is 0. The lowest BCUT2D eigenvalue weighted by molar-refractivity contribution is 0.879. The molecule has 0 saturated carbocycles. The molecule has 0 spiro atoms. The van der Waals surface area contributed by atoms with E-state index in [0.29, 0.717) is 0 Å². The molecular formula is C16H19Cl5Si2. The summed E-state index contributed by atoms with van der Waals surface area (Å²) in [6.07, 6.45) is 2.16. The molecular weight excluding hydrogens is 426 g/mol. The highest BCUT2D eigenvalue weighted by molar-refractivity contribution is 7.64. The average molecular weight is 445 g/mol. The van der Waals surface area contributed by atoms with Crippen LogP contribution in [0.25, 0.3) is 0 Å². The summed E-state index contributed by atoms with van der Waals surface area (Å²) >= 11 is 29.7. The average Bonchev–Trinajstić information content (AvgIpc) is 2.54. The lowest BCUT2D eigenvalue weighted by atomic mass is 10.4. The van der Waals surface area contributed by atoms with Crippen molar-refractivity contribution in [3.05, 3.63) is 60.7 Å². The minimum Gasteiger partial charge on any atom is -0.134 e. The fourth-order valence-electron chi connectivity index (χ4n) is 1.84. The molecule has 0 radical (unpaired) electrons. The van der Waals surface area contributed by atoms with E-state index in [2.05, 4.69) is 6.92 Å². The van der Waals surface area contributed by atoms with Gasteiger partial charge in [0.2, 0.25) is 0 Å². The SMILES string of the molecule is CCCC[Si](Cl)(Cl)Cl.Cl[Si](Cl)(c1ccccc1)c1ccccc1. The second-order valence-electron chi connectivity index (χ2n) is 5.03. The molecule has 0 aliphatic carbocycles. The molecule has 2 aromatic carbocycles. The van der Waals surface area contributed by atoms with E-state index in [1.165, 1.54) is 0 Å². The molecule has 23 heavy (non-hydrogen) atoms. The van der Waals surface area contributed by atoms with E-state index in [4.69, 9.17) is 55.4 Å². The maximum Gasteiger partial charge on any atom is 0.341 e. The Morgan fingerprint density at radius 1 is 0.696 bits per heavy atom. The van der Waals surface area contributed by atoms with Crippen LogP contribution in [-0.2, 0) is 0 Å². The first-order valence-electron chi connectivity index (χ1n) is 7.33. The molecule has 0 fully saturated rings. The van der Waals surface area contributed by atoms with Crippen LogP contribution in [0.1, 0.15) is 19.8 Å². The van der Waals surface area contributed by atoms with E-state index >= 15 is 0 Å². The maximum absolute atomic E-state index is 6.49. The molecule has 2 aromatic rings. The molecule has 0 N–H and O–H groups in total. The van der Waals surface area contributed by atoms with Gasteiger partial charge < -0.3 is 0 Å². The molecule has 0 atom stereocenters. The van der Waals surface area contributed by atoms with Gasteiger partial charge in [-0.25, -0.2) is 0 Å². The van der Waals surface area contributed by atoms with Gasteiger partial charge in [0.1, 0.15) is 0 Å². The van der Waals surface area contributed by atoms with Crippen molar-refractivity contribution in [2.45, 2.75) is 25.8 Å². The Bertz CT molecular complexity index is 514. The highest BCUT2D eigenvalue weighted by atomic mass is 35.8. The second-order valence-corrected chi connectivity index (χ2v) is 20.6. The molecule has 0 amide bonds. The van der Waals surface area contributed by atoms with Crippen molar-refractivity contribution in [1.82, 2.24) is 0 Å². The fourth-order valence-corrected chi connectivity index (χ4v) is 6.86. The predicted octanol–water partition coefficient (Wildman–Crippen LogP) is 6.16. The van der Waals surface area contributed by atoms with Gasteiger partial charge in [-0.2, -0.15) is 0 Å². The van der Waals surface area contributed by atoms with Crippen LogP contribution >= 0.6 is 55.4 Å². The maximum atomic E-state index is 6.49. The number of benzene rings is 2. The van der Waals surface area contributed by atoms with Crippen LogP contribution in [0.3, 0.4) is 0 Å². The van der Waals surface area contributed by atoms with Gasteiger partial charge >= 0.3 is 12.7 Å². The second kappa shape index (κ2) is 10.3. The summed E-state index contributed by atoms with van der Waals surface area (Å²) in [7, 11) is 0. The molecule has 0 bridgehead atoms. The van der Waals surface area contributed by atoms with E-state index in [0.717, 1.165) is 29.3 Å². The lowest BCUT2D eigenvalue weighted by Crippen LogP contribution is -2.48. The Kier molecular flexibility index (Phi) is 9.61. The minimum atomic E-state index is -2.51. The Hall–Kier alpha value is 0.324. The predicted molar refractivity (Wildman–Crippen MR) is 113 cm³/mol. The Balaban J connectivity index is 0.000000284. The van der Waals surface area contributed by atoms with E-state index in [-0.39, 0.29) is 0 Å². The molecule has 0 aromatic heterocycles. The van der Waals surface area contributed by atoms with Crippen molar-refractivity contribution < 1.29 is 0 Å². The van der Waals surface area contributed by atoms with E-state index in [1.807, 2.05) is 60.7 Å².